The topological polar surface area (TPSA) is 102 Å². The zero-order chi connectivity index (χ0) is 29.9. The fourth-order valence-electron chi connectivity index (χ4n) is 9.03. The van der Waals surface area contributed by atoms with Crippen molar-refractivity contribution >= 4 is 11.6 Å². The molecule has 0 saturated heterocycles. The third kappa shape index (κ3) is 4.88. The molecule has 7 heteroatoms. The Bertz CT molecular complexity index is 1240. The van der Waals surface area contributed by atoms with Crippen molar-refractivity contribution in [2.75, 3.05) is 0 Å². The van der Waals surface area contributed by atoms with E-state index in [9.17, 15) is 14.9 Å². The highest BCUT2D eigenvalue weighted by Gasteiger charge is 2.63. The Morgan fingerprint density at radius 3 is 2.25 bits per heavy atom. The maximum atomic E-state index is 13.3. The van der Waals surface area contributed by atoms with Crippen LogP contribution in [0.3, 0.4) is 0 Å². The maximum absolute atomic E-state index is 13.3. The lowest BCUT2D eigenvalue weighted by Gasteiger charge is -2.64. The number of carbonyl (C=O) groups is 2. The third-order valence-electron chi connectivity index (χ3n) is 12.3. The minimum atomic E-state index is -0.633. The number of ketones is 2. The number of fused-ring (bicyclic) bond motifs is 1. The van der Waals surface area contributed by atoms with E-state index in [0.717, 1.165) is 57.2 Å². The van der Waals surface area contributed by atoms with Gasteiger partial charge < -0.3 is 4.79 Å². The summed E-state index contributed by atoms with van der Waals surface area (Å²) in [6, 6.07) is 2.21. The lowest BCUT2D eigenvalue weighted by atomic mass is 9.39. The molecule has 4 rings (SSSR count). The molecule has 1 heterocycles. The number of nitriles is 1. The van der Waals surface area contributed by atoms with E-state index in [1.807, 2.05) is 27.0 Å². The normalized spacial score (nSPS) is 33.0. The maximum Gasteiger partial charge on any atom is 0.180 e. The van der Waals surface area contributed by atoms with Gasteiger partial charge in [-0.3, -0.25) is 4.79 Å². The second kappa shape index (κ2) is 9.88. The zero-order valence-electron chi connectivity index (χ0n) is 26.6. The summed E-state index contributed by atoms with van der Waals surface area (Å²) in [5.74, 6) is 1.11. The minimum Gasteiger partial charge on any atom is -0.300 e. The Morgan fingerprint density at radius 2 is 1.73 bits per heavy atom. The lowest BCUT2D eigenvalue weighted by Crippen LogP contribution is -2.60. The molecule has 2 fully saturated rings. The standard InChI is InChI=1S/C33H51N5O2/c1-22(39)19-25-31(8)20-23(21-34)26(40)30(6,7)24(31)11-12-32(25,9)29(4,5)15-18-33(27-35-37-38(10)36-27)16-13-28(2,3)14-17-33/h20,24-25H,11-19H2,1-10H3/t24?,25-,31+,32-/m1/s1. The van der Waals surface area contributed by atoms with Crippen LogP contribution in [-0.2, 0) is 22.1 Å². The molecule has 0 bridgehead atoms. The molecule has 0 aliphatic heterocycles. The van der Waals surface area contributed by atoms with E-state index in [2.05, 4.69) is 57.9 Å². The Morgan fingerprint density at radius 1 is 1.10 bits per heavy atom. The van der Waals surface area contributed by atoms with Crippen molar-refractivity contribution in [2.45, 2.75) is 126 Å². The van der Waals surface area contributed by atoms with Crippen LogP contribution in [0.1, 0.15) is 126 Å². The summed E-state index contributed by atoms with van der Waals surface area (Å²) in [5.41, 5.74) is -0.831. The van der Waals surface area contributed by atoms with Crippen LogP contribution < -0.4 is 0 Å². The van der Waals surface area contributed by atoms with E-state index >= 15 is 0 Å². The number of tetrazole rings is 1. The highest BCUT2D eigenvalue weighted by atomic mass is 16.1. The van der Waals surface area contributed by atoms with Crippen LogP contribution in [-0.4, -0.2) is 31.8 Å². The Hall–Kier alpha value is -2.36. The van der Waals surface area contributed by atoms with Crippen molar-refractivity contribution in [3.8, 4) is 6.07 Å². The van der Waals surface area contributed by atoms with E-state index in [1.54, 1.807) is 11.7 Å². The molecule has 4 atom stereocenters. The number of allylic oxidation sites excluding steroid dienone is 2. The molecule has 2 saturated carbocycles. The molecule has 3 aliphatic carbocycles. The molecule has 220 valence electrons. The van der Waals surface area contributed by atoms with Gasteiger partial charge in [-0.15, -0.1) is 10.2 Å². The fourth-order valence-corrected chi connectivity index (χ4v) is 9.03. The second-order valence-corrected chi connectivity index (χ2v) is 16.0. The van der Waals surface area contributed by atoms with Gasteiger partial charge in [-0.25, -0.2) is 0 Å². The molecule has 3 aliphatic rings. The van der Waals surface area contributed by atoms with E-state index < -0.39 is 10.8 Å². The molecule has 0 amide bonds. The van der Waals surface area contributed by atoms with Gasteiger partial charge in [0.1, 0.15) is 11.9 Å². The summed E-state index contributed by atoms with van der Waals surface area (Å²) in [5, 5.41) is 23.4. The molecule has 1 unspecified atom stereocenters. The average molecular weight is 550 g/mol. The average Bonchev–Trinajstić information content (AvgIpc) is 3.30. The summed E-state index contributed by atoms with van der Waals surface area (Å²) < 4.78 is 0. The highest BCUT2D eigenvalue weighted by molar-refractivity contribution is 6.04. The second-order valence-electron chi connectivity index (χ2n) is 16.0. The van der Waals surface area contributed by atoms with Gasteiger partial charge in [0.05, 0.1) is 12.6 Å². The minimum absolute atomic E-state index is 0.0258. The number of nitrogens with zero attached hydrogens (tertiary/aromatic N) is 5. The lowest BCUT2D eigenvalue weighted by molar-refractivity contribution is -0.155. The van der Waals surface area contributed by atoms with Gasteiger partial charge in [0.25, 0.3) is 0 Å². The number of Topliss-reactive ketones (excluding diaryl/α,β-unsaturated/α-hetero) is 2. The van der Waals surface area contributed by atoms with Crippen molar-refractivity contribution in [3.05, 3.63) is 17.5 Å². The first-order valence-electron chi connectivity index (χ1n) is 15.3. The van der Waals surface area contributed by atoms with Crippen LogP contribution in [0.15, 0.2) is 11.6 Å². The Labute approximate surface area is 241 Å². The van der Waals surface area contributed by atoms with Crippen molar-refractivity contribution in [1.82, 2.24) is 20.2 Å². The summed E-state index contributed by atoms with van der Waals surface area (Å²) in [6.45, 7) is 19.8. The van der Waals surface area contributed by atoms with Gasteiger partial charge >= 0.3 is 0 Å². The van der Waals surface area contributed by atoms with E-state index in [0.29, 0.717) is 11.8 Å². The zero-order valence-corrected chi connectivity index (χ0v) is 26.6. The van der Waals surface area contributed by atoms with Crippen LogP contribution in [0.5, 0.6) is 0 Å². The number of carbonyl (C=O) groups excluding carboxylic acids is 2. The number of hydrogen-bond acceptors (Lipinski definition) is 6. The summed E-state index contributed by atoms with van der Waals surface area (Å²) in [4.78, 5) is 27.7. The van der Waals surface area contributed by atoms with Gasteiger partial charge in [0, 0.05) is 17.3 Å². The van der Waals surface area contributed by atoms with Gasteiger partial charge in [-0.1, -0.05) is 61.5 Å². The molecule has 7 nitrogen and oxygen atoms in total. The quantitative estimate of drug-likeness (QED) is 0.365. The molecular weight excluding hydrogens is 498 g/mol. The van der Waals surface area contributed by atoms with Gasteiger partial charge in [0.2, 0.25) is 0 Å². The SMILES string of the molecule is CC(=O)C[C@@H]1[C@@]2(C)C=C(C#N)C(=O)C(C)(C)C2CC[C@@]1(C)C(C)(C)CCC1(c2nnn(C)n2)CCC(C)(C)CC1. The predicted octanol–water partition coefficient (Wildman–Crippen LogP) is 6.93. The highest BCUT2D eigenvalue weighted by Crippen LogP contribution is 2.68. The van der Waals surface area contributed by atoms with Crippen molar-refractivity contribution in [1.29, 1.82) is 5.26 Å². The predicted molar refractivity (Wildman–Crippen MR) is 156 cm³/mol. The van der Waals surface area contributed by atoms with Crippen molar-refractivity contribution in [2.24, 2.45) is 46.0 Å². The first kappa shape index (κ1) is 30.6. The van der Waals surface area contributed by atoms with Crippen LogP contribution in [0.2, 0.25) is 0 Å². The summed E-state index contributed by atoms with van der Waals surface area (Å²) >= 11 is 0. The largest absolute Gasteiger partial charge is 0.300 e. The molecule has 40 heavy (non-hydrogen) atoms. The van der Waals surface area contributed by atoms with Crippen LogP contribution in [0, 0.1) is 50.2 Å². The molecule has 0 spiro atoms. The molecule has 0 N–H and O–H groups in total. The van der Waals surface area contributed by atoms with Crippen molar-refractivity contribution < 1.29 is 9.59 Å². The van der Waals surface area contributed by atoms with E-state index in [4.69, 9.17) is 5.10 Å². The molecule has 0 aromatic carbocycles. The van der Waals surface area contributed by atoms with Gasteiger partial charge in [0.15, 0.2) is 11.6 Å². The smallest absolute Gasteiger partial charge is 0.180 e. The first-order valence-corrected chi connectivity index (χ1v) is 15.3. The first-order chi connectivity index (χ1) is 18.3. The summed E-state index contributed by atoms with van der Waals surface area (Å²) in [7, 11) is 1.84. The number of hydrogen-bond donors (Lipinski definition) is 0. The van der Waals surface area contributed by atoms with E-state index in [1.165, 1.54) is 0 Å². The van der Waals surface area contributed by atoms with E-state index in [-0.39, 0.29) is 45.2 Å². The fraction of sp³-hybridized carbons (Fsp3) is 0.818. The molecule has 1 aromatic heterocycles. The van der Waals surface area contributed by atoms with Gasteiger partial charge in [-0.2, -0.15) is 10.1 Å². The number of aryl methyl sites for hydroxylation is 1. The number of aromatic nitrogens is 4. The van der Waals surface area contributed by atoms with Crippen LogP contribution in [0.4, 0.5) is 0 Å². The van der Waals surface area contributed by atoms with Crippen LogP contribution in [0.25, 0.3) is 0 Å². The van der Waals surface area contributed by atoms with Crippen LogP contribution >= 0.6 is 0 Å². The van der Waals surface area contributed by atoms with Crippen molar-refractivity contribution in [3.63, 3.8) is 0 Å². The number of rotatable bonds is 7. The molecular formula is C33H51N5O2. The Kier molecular flexibility index (Phi) is 7.56. The Balaban J connectivity index is 1.72. The van der Waals surface area contributed by atoms with Gasteiger partial charge in [-0.05, 0) is 97.0 Å². The summed E-state index contributed by atoms with van der Waals surface area (Å²) in [6.07, 6.45) is 10.6. The molecule has 0 radical (unpaired) electrons. The third-order valence-corrected chi connectivity index (χ3v) is 12.3. The monoisotopic (exact) mass is 549 g/mol. The molecule has 1 aromatic rings.